The second-order valence-corrected chi connectivity index (χ2v) is 4.84. The van der Waals surface area contributed by atoms with E-state index in [2.05, 4.69) is 9.73 Å². The normalized spacial score (nSPS) is 28.0. The average molecular weight is 294 g/mol. The van der Waals surface area contributed by atoms with Gasteiger partial charge in [0.1, 0.15) is 5.57 Å². The van der Waals surface area contributed by atoms with Crippen LogP contribution in [-0.4, -0.2) is 41.2 Å². The molecular weight excluding hydrogens is 277 g/mol. The van der Waals surface area contributed by atoms with Crippen LogP contribution in [0.25, 0.3) is 0 Å². The Morgan fingerprint density at radius 3 is 2.45 bits per heavy atom. The van der Waals surface area contributed by atoms with E-state index in [1.165, 1.54) is 13.8 Å². The molecule has 0 spiro atoms. The molecule has 0 aromatic heterocycles. The minimum Gasteiger partial charge on any atom is -0.462 e. The molecule has 1 aliphatic rings. The zero-order valence-corrected chi connectivity index (χ0v) is 11.2. The third-order valence-electron chi connectivity index (χ3n) is 2.85. The lowest BCUT2D eigenvalue weighted by atomic mass is 9.77. The molecule has 0 heterocycles. The van der Waals surface area contributed by atoms with Crippen LogP contribution in [0, 0.1) is 0 Å². The summed E-state index contributed by atoms with van der Waals surface area (Å²) in [6.07, 6.45) is -4.07. The Balaban J connectivity index is 3.01. The second-order valence-electron chi connectivity index (χ2n) is 4.84. The number of ether oxygens (including phenoxy) is 1. The number of halogens is 3. The number of alkyl halides is 3. The summed E-state index contributed by atoms with van der Waals surface area (Å²) in [6.45, 7) is 2.91. The predicted molar refractivity (Wildman–Crippen MR) is 66.0 cm³/mol. The largest absolute Gasteiger partial charge is 0.462 e. The van der Waals surface area contributed by atoms with Crippen molar-refractivity contribution in [2.45, 2.75) is 44.5 Å². The van der Waals surface area contributed by atoms with E-state index in [0.717, 1.165) is 0 Å². The molecule has 5 nitrogen and oxygen atoms in total. The van der Waals surface area contributed by atoms with Crippen molar-refractivity contribution in [3.05, 3.63) is 11.8 Å². The SMILES string of the molecule is CCOC(=O)C(=CN)C(=NC1CC(C)(O)C1)C(F)(F)F. The molecule has 1 aliphatic carbocycles. The molecular formula is C12H17F3N2O3. The summed E-state index contributed by atoms with van der Waals surface area (Å²) in [7, 11) is 0. The Labute approximate surface area is 114 Å². The van der Waals surface area contributed by atoms with Gasteiger partial charge in [-0.25, -0.2) is 4.79 Å². The van der Waals surface area contributed by atoms with E-state index in [1.807, 2.05) is 0 Å². The van der Waals surface area contributed by atoms with Crippen LogP contribution in [0.2, 0.25) is 0 Å². The van der Waals surface area contributed by atoms with E-state index in [9.17, 15) is 23.1 Å². The number of nitrogens with zero attached hydrogens (tertiary/aromatic N) is 1. The number of carbonyl (C=O) groups excluding carboxylic acids is 1. The van der Waals surface area contributed by atoms with Crippen LogP contribution in [0.3, 0.4) is 0 Å². The van der Waals surface area contributed by atoms with Crippen molar-refractivity contribution < 1.29 is 27.8 Å². The molecule has 0 radical (unpaired) electrons. The highest BCUT2D eigenvalue weighted by Crippen LogP contribution is 2.35. The van der Waals surface area contributed by atoms with Gasteiger partial charge in [-0.05, 0) is 26.7 Å². The van der Waals surface area contributed by atoms with Gasteiger partial charge in [0.2, 0.25) is 0 Å². The fraction of sp³-hybridized carbons (Fsp3) is 0.667. The smallest absolute Gasteiger partial charge is 0.433 e. The molecule has 0 aliphatic heterocycles. The summed E-state index contributed by atoms with van der Waals surface area (Å²) >= 11 is 0. The van der Waals surface area contributed by atoms with Crippen molar-refractivity contribution in [2.24, 2.45) is 10.7 Å². The van der Waals surface area contributed by atoms with Gasteiger partial charge < -0.3 is 15.6 Å². The maximum atomic E-state index is 13.0. The molecule has 1 rings (SSSR count). The van der Waals surface area contributed by atoms with Gasteiger partial charge >= 0.3 is 12.1 Å². The first-order valence-electron chi connectivity index (χ1n) is 6.07. The molecule has 0 atom stereocenters. The van der Waals surface area contributed by atoms with Gasteiger partial charge in [-0.1, -0.05) is 0 Å². The van der Waals surface area contributed by atoms with Crippen LogP contribution in [0.1, 0.15) is 26.7 Å². The van der Waals surface area contributed by atoms with E-state index < -0.39 is 35.1 Å². The Bertz CT molecular complexity index is 434. The number of hydrogen-bond acceptors (Lipinski definition) is 5. The highest BCUT2D eigenvalue weighted by atomic mass is 19.4. The van der Waals surface area contributed by atoms with E-state index in [-0.39, 0.29) is 19.4 Å². The summed E-state index contributed by atoms with van der Waals surface area (Å²) in [5.74, 6) is -1.17. The molecule has 20 heavy (non-hydrogen) atoms. The number of esters is 1. The van der Waals surface area contributed by atoms with Crippen molar-refractivity contribution in [3.8, 4) is 0 Å². The van der Waals surface area contributed by atoms with Crippen molar-refractivity contribution in [3.63, 3.8) is 0 Å². The van der Waals surface area contributed by atoms with Crippen LogP contribution >= 0.6 is 0 Å². The maximum absolute atomic E-state index is 13.0. The van der Waals surface area contributed by atoms with Crippen molar-refractivity contribution in [1.82, 2.24) is 0 Å². The van der Waals surface area contributed by atoms with Gasteiger partial charge in [0.05, 0.1) is 18.2 Å². The lowest BCUT2D eigenvalue weighted by Crippen LogP contribution is -2.45. The molecule has 0 aromatic rings. The molecule has 1 saturated carbocycles. The van der Waals surface area contributed by atoms with E-state index in [0.29, 0.717) is 6.20 Å². The van der Waals surface area contributed by atoms with Crippen LogP contribution in [0.15, 0.2) is 16.8 Å². The van der Waals surface area contributed by atoms with Gasteiger partial charge in [0.25, 0.3) is 0 Å². The van der Waals surface area contributed by atoms with E-state index >= 15 is 0 Å². The third-order valence-corrected chi connectivity index (χ3v) is 2.85. The van der Waals surface area contributed by atoms with Crippen molar-refractivity contribution >= 4 is 11.7 Å². The Morgan fingerprint density at radius 1 is 1.55 bits per heavy atom. The quantitative estimate of drug-likeness (QED) is 0.465. The molecule has 0 bridgehead atoms. The summed E-state index contributed by atoms with van der Waals surface area (Å²) in [6, 6.07) is -0.689. The zero-order valence-electron chi connectivity index (χ0n) is 11.2. The Hall–Kier alpha value is -1.57. The number of carbonyl (C=O) groups is 1. The fourth-order valence-electron chi connectivity index (χ4n) is 1.98. The lowest BCUT2D eigenvalue weighted by molar-refractivity contribution is -0.138. The summed E-state index contributed by atoms with van der Waals surface area (Å²) < 4.78 is 43.4. The van der Waals surface area contributed by atoms with Crippen molar-refractivity contribution in [1.29, 1.82) is 0 Å². The highest BCUT2D eigenvalue weighted by Gasteiger charge is 2.44. The van der Waals surface area contributed by atoms with Crippen molar-refractivity contribution in [2.75, 3.05) is 6.61 Å². The average Bonchev–Trinajstić information content (AvgIpc) is 2.25. The van der Waals surface area contributed by atoms with Crippen LogP contribution in [0.4, 0.5) is 13.2 Å². The number of hydrogen-bond donors (Lipinski definition) is 2. The topological polar surface area (TPSA) is 84.9 Å². The van der Waals surface area contributed by atoms with Gasteiger partial charge in [-0.3, -0.25) is 4.99 Å². The monoisotopic (exact) mass is 294 g/mol. The second kappa shape index (κ2) is 5.82. The minimum absolute atomic E-state index is 0.0700. The van der Waals surface area contributed by atoms with Gasteiger partial charge in [0.15, 0.2) is 5.71 Å². The predicted octanol–water partition coefficient (Wildman–Crippen LogP) is 1.31. The minimum atomic E-state index is -4.82. The molecule has 0 saturated heterocycles. The summed E-state index contributed by atoms with van der Waals surface area (Å²) in [5.41, 5.74) is 1.91. The van der Waals surface area contributed by atoms with Gasteiger partial charge in [-0.2, -0.15) is 13.2 Å². The van der Waals surface area contributed by atoms with Gasteiger partial charge in [0, 0.05) is 6.20 Å². The molecule has 0 aromatic carbocycles. The number of rotatable bonds is 4. The Morgan fingerprint density at radius 2 is 2.10 bits per heavy atom. The first kappa shape index (κ1) is 16.5. The standard InChI is InChI=1S/C12H17F3N2O3/c1-3-20-10(18)8(6-16)9(12(13,14)15)17-7-4-11(2,19)5-7/h6-7,19H,3-5,16H2,1-2H3. The number of nitrogens with two attached hydrogens (primary N) is 1. The Kier molecular flexibility index (Phi) is 4.80. The van der Waals surface area contributed by atoms with Crippen LogP contribution in [0.5, 0.6) is 0 Å². The molecule has 114 valence electrons. The summed E-state index contributed by atoms with van der Waals surface area (Å²) in [4.78, 5) is 15.0. The first-order chi connectivity index (χ1) is 9.10. The number of aliphatic hydroxyl groups is 1. The zero-order chi connectivity index (χ0) is 15.6. The van der Waals surface area contributed by atoms with E-state index in [4.69, 9.17) is 5.73 Å². The van der Waals surface area contributed by atoms with Gasteiger partial charge in [-0.15, -0.1) is 0 Å². The van der Waals surface area contributed by atoms with E-state index in [1.54, 1.807) is 0 Å². The highest BCUT2D eigenvalue weighted by molar-refractivity contribution is 6.22. The van der Waals surface area contributed by atoms with Crippen LogP contribution < -0.4 is 5.73 Å². The maximum Gasteiger partial charge on any atom is 0.433 e. The summed E-state index contributed by atoms with van der Waals surface area (Å²) in [5, 5.41) is 9.51. The molecule has 0 unspecified atom stereocenters. The van der Waals surface area contributed by atoms with Crippen LogP contribution in [-0.2, 0) is 9.53 Å². The lowest BCUT2D eigenvalue weighted by Gasteiger charge is -2.39. The number of aliphatic imine (C=N–C) groups is 1. The molecule has 3 N–H and O–H groups in total. The molecule has 0 amide bonds. The third kappa shape index (κ3) is 3.96. The molecule has 8 heteroatoms. The fourth-order valence-corrected chi connectivity index (χ4v) is 1.98. The molecule has 1 fully saturated rings. The first-order valence-corrected chi connectivity index (χ1v) is 6.07.